The minimum absolute atomic E-state index is 0.126. The fraction of sp³-hybridized carbons (Fsp3) is 0.231. The van der Waals surface area contributed by atoms with E-state index in [0.29, 0.717) is 10.6 Å². The van der Waals surface area contributed by atoms with Crippen molar-refractivity contribution in [2.45, 2.75) is 12.2 Å². The van der Waals surface area contributed by atoms with Gasteiger partial charge < -0.3 is 10.1 Å². The van der Waals surface area contributed by atoms with Gasteiger partial charge in [-0.3, -0.25) is 9.59 Å². The van der Waals surface area contributed by atoms with Crippen LogP contribution in [0.5, 0.6) is 0 Å². The molecule has 0 spiro atoms. The molecule has 1 aromatic carbocycles. The molecular weight excluding hydrogens is 254 g/mol. The molecule has 18 heavy (non-hydrogen) atoms. The molecule has 1 fully saturated rings. The first-order valence-corrected chi connectivity index (χ1v) is 5.67. The molecule has 1 aliphatic heterocycles. The van der Waals surface area contributed by atoms with Gasteiger partial charge in [-0.15, -0.1) is 6.42 Å². The number of ketones is 1. The van der Waals surface area contributed by atoms with E-state index in [1.807, 2.05) is 0 Å². The molecule has 1 heterocycles. The molecule has 1 amide bonds. The van der Waals surface area contributed by atoms with Crippen molar-refractivity contribution in [3.8, 4) is 12.3 Å². The summed E-state index contributed by atoms with van der Waals surface area (Å²) in [4.78, 5) is 23.4. The topological polar surface area (TPSA) is 58.7 Å². The van der Waals surface area contributed by atoms with Gasteiger partial charge >= 0.3 is 0 Å². The predicted octanol–water partition coefficient (Wildman–Crippen LogP) is 1.04. The van der Waals surface area contributed by atoms with Crippen molar-refractivity contribution >= 4 is 23.3 Å². The van der Waals surface area contributed by atoms with E-state index in [-0.39, 0.29) is 18.2 Å². The number of epoxide rings is 1. The largest absolute Gasteiger partial charge is 0.350 e. The van der Waals surface area contributed by atoms with E-state index < -0.39 is 12.2 Å². The van der Waals surface area contributed by atoms with Crippen LogP contribution >= 0.6 is 11.6 Å². The Hall–Kier alpha value is -1.83. The quantitative estimate of drug-likeness (QED) is 0.502. The van der Waals surface area contributed by atoms with Crippen molar-refractivity contribution in [2.24, 2.45) is 0 Å². The summed E-state index contributed by atoms with van der Waals surface area (Å²) in [5, 5.41) is 3.01. The first-order valence-electron chi connectivity index (χ1n) is 5.30. The summed E-state index contributed by atoms with van der Waals surface area (Å²) in [5.74, 6) is 1.69. The molecule has 2 atom stereocenters. The lowest BCUT2D eigenvalue weighted by Crippen LogP contribution is -2.30. The van der Waals surface area contributed by atoms with E-state index in [9.17, 15) is 9.59 Å². The number of benzene rings is 1. The number of carbonyl (C=O) groups excluding carboxylic acids is 2. The maximum Gasteiger partial charge on any atom is 0.253 e. The fourth-order valence-corrected chi connectivity index (χ4v) is 1.65. The van der Waals surface area contributed by atoms with Crippen LogP contribution in [0.2, 0.25) is 5.02 Å². The van der Waals surface area contributed by atoms with Gasteiger partial charge in [-0.1, -0.05) is 17.5 Å². The molecule has 0 bridgehead atoms. The summed E-state index contributed by atoms with van der Waals surface area (Å²) >= 11 is 5.72. The van der Waals surface area contributed by atoms with Crippen molar-refractivity contribution in [1.29, 1.82) is 0 Å². The molecule has 1 N–H and O–H groups in total. The second-order valence-corrected chi connectivity index (χ2v) is 4.21. The van der Waals surface area contributed by atoms with Crippen LogP contribution in [-0.2, 0) is 9.53 Å². The Morgan fingerprint density at radius 1 is 1.33 bits per heavy atom. The Balaban J connectivity index is 1.95. The molecule has 4 nitrogen and oxygen atoms in total. The van der Waals surface area contributed by atoms with Gasteiger partial charge in [0.1, 0.15) is 0 Å². The zero-order valence-electron chi connectivity index (χ0n) is 9.35. The Morgan fingerprint density at radius 2 is 2.00 bits per heavy atom. The van der Waals surface area contributed by atoms with Crippen LogP contribution in [0.15, 0.2) is 24.3 Å². The number of rotatable bonds is 4. The second kappa shape index (κ2) is 5.21. The number of hydrogen-bond acceptors (Lipinski definition) is 3. The lowest BCUT2D eigenvalue weighted by atomic mass is 10.1. The van der Waals surface area contributed by atoms with Crippen LogP contribution in [0.25, 0.3) is 0 Å². The van der Waals surface area contributed by atoms with Gasteiger partial charge in [0.05, 0.1) is 6.54 Å². The number of carbonyl (C=O) groups is 2. The van der Waals surface area contributed by atoms with E-state index >= 15 is 0 Å². The Kier molecular flexibility index (Phi) is 3.66. The highest BCUT2D eigenvalue weighted by atomic mass is 35.5. The number of halogens is 1. The summed E-state index contributed by atoms with van der Waals surface area (Å²) in [5.41, 5.74) is 0.469. The lowest BCUT2D eigenvalue weighted by molar-refractivity contribution is -0.122. The Bertz CT molecular complexity index is 518. The highest BCUT2D eigenvalue weighted by Gasteiger charge is 2.50. The van der Waals surface area contributed by atoms with Gasteiger partial charge in [0.2, 0.25) is 0 Å². The number of nitrogens with one attached hydrogen (secondary N) is 1. The summed E-state index contributed by atoms with van der Waals surface area (Å²) in [7, 11) is 0. The van der Waals surface area contributed by atoms with Crippen LogP contribution in [0.1, 0.15) is 10.4 Å². The van der Waals surface area contributed by atoms with Gasteiger partial charge in [-0.25, -0.2) is 0 Å². The molecular formula is C13H10ClNO3. The number of ether oxygens (including phenoxy) is 1. The molecule has 0 aromatic heterocycles. The molecule has 0 radical (unpaired) electrons. The first-order chi connectivity index (χ1) is 8.63. The van der Waals surface area contributed by atoms with Crippen LogP contribution in [0, 0.1) is 12.3 Å². The van der Waals surface area contributed by atoms with Crippen molar-refractivity contribution < 1.29 is 14.3 Å². The van der Waals surface area contributed by atoms with Gasteiger partial charge in [0.25, 0.3) is 5.91 Å². The molecule has 0 aliphatic carbocycles. The normalized spacial score (nSPS) is 20.9. The summed E-state index contributed by atoms with van der Waals surface area (Å²) in [6, 6.07) is 6.43. The smallest absolute Gasteiger partial charge is 0.253 e. The van der Waals surface area contributed by atoms with Gasteiger partial charge in [0.15, 0.2) is 18.0 Å². The molecule has 1 aromatic rings. The molecule has 2 unspecified atom stereocenters. The SMILES string of the molecule is C#CCNC(=O)C1OC1C(=O)c1ccc(Cl)cc1. The first kappa shape index (κ1) is 12.6. The van der Waals surface area contributed by atoms with Gasteiger partial charge in [-0.2, -0.15) is 0 Å². The van der Waals surface area contributed by atoms with Gasteiger partial charge in [-0.05, 0) is 24.3 Å². The summed E-state index contributed by atoms with van der Waals surface area (Å²) in [6.45, 7) is 0.126. The zero-order chi connectivity index (χ0) is 13.1. The molecule has 0 saturated carbocycles. The van der Waals surface area contributed by atoms with Crippen molar-refractivity contribution in [3.05, 3.63) is 34.9 Å². The summed E-state index contributed by atoms with van der Waals surface area (Å²) < 4.78 is 5.06. The summed E-state index contributed by atoms with van der Waals surface area (Å²) in [6.07, 6.45) is 3.56. The molecule has 1 aliphatic rings. The zero-order valence-corrected chi connectivity index (χ0v) is 10.1. The number of Topliss-reactive ketones (excluding diaryl/α,β-unsaturated/α-hetero) is 1. The Labute approximate surface area is 109 Å². The van der Waals surface area contributed by atoms with E-state index in [4.69, 9.17) is 22.8 Å². The maximum atomic E-state index is 11.9. The van der Waals surface area contributed by atoms with Crippen molar-refractivity contribution in [1.82, 2.24) is 5.32 Å². The molecule has 1 saturated heterocycles. The van der Waals surface area contributed by atoms with Crippen LogP contribution in [0.4, 0.5) is 0 Å². The standard InChI is InChI=1S/C13H10ClNO3/c1-2-7-15-13(17)12-11(18-12)10(16)8-3-5-9(14)6-4-8/h1,3-6,11-12H,7H2,(H,15,17). The third-order valence-corrected chi connectivity index (χ3v) is 2.75. The van der Waals surface area contributed by atoms with E-state index in [1.165, 1.54) is 0 Å². The average molecular weight is 264 g/mol. The monoisotopic (exact) mass is 263 g/mol. The second-order valence-electron chi connectivity index (χ2n) is 3.77. The fourth-order valence-electron chi connectivity index (χ4n) is 1.53. The third kappa shape index (κ3) is 2.70. The number of amides is 1. The van der Waals surface area contributed by atoms with E-state index in [2.05, 4.69) is 11.2 Å². The minimum atomic E-state index is -0.735. The lowest BCUT2D eigenvalue weighted by Gasteiger charge is -1.98. The number of terminal acetylenes is 1. The average Bonchev–Trinajstić information content (AvgIpc) is 3.16. The van der Waals surface area contributed by atoms with E-state index in [1.54, 1.807) is 24.3 Å². The minimum Gasteiger partial charge on any atom is -0.350 e. The molecule has 92 valence electrons. The predicted molar refractivity (Wildman–Crippen MR) is 66.3 cm³/mol. The van der Waals surface area contributed by atoms with Crippen LogP contribution in [0.3, 0.4) is 0 Å². The van der Waals surface area contributed by atoms with Gasteiger partial charge in [0, 0.05) is 10.6 Å². The highest BCUT2D eigenvalue weighted by molar-refractivity contribution is 6.30. The van der Waals surface area contributed by atoms with E-state index in [0.717, 1.165) is 0 Å². The maximum absolute atomic E-state index is 11.9. The van der Waals surface area contributed by atoms with Crippen molar-refractivity contribution in [3.63, 3.8) is 0 Å². The number of hydrogen-bond donors (Lipinski definition) is 1. The molecule has 2 rings (SSSR count). The third-order valence-electron chi connectivity index (χ3n) is 2.50. The van der Waals surface area contributed by atoms with Crippen molar-refractivity contribution in [2.75, 3.05) is 6.54 Å². The molecule has 5 heteroatoms. The van der Waals surface area contributed by atoms with Crippen LogP contribution in [-0.4, -0.2) is 30.4 Å². The Morgan fingerprint density at radius 3 is 2.61 bits per heavy atom. The highest BCUT2D eigenvalue weighted by Crippen LogP contribution is 2.26. The van der Waals surface area contributed by atoms with Crippen LogP contribution < -0.4 is 5.32 Å².